The van der Waals surface area contributed by atoms with E-state index >= 15 is 0 Å². The maximum atomic E-state index is 13.5. The van der Waals surface area contributed by atoms with Crippen LogP contribution in [0.5, 0.6) is 0 Å². The summed E-state index contributed by atoms with van der Waals surface area (Å²) in [6.45, 7) is 2.83. The second-order valence-corrected chi connectivity index (χ2v) is 7.99. The van der Waals surface area contributed by atoms with E-state index in [1.54, 1.807) is 12.1 Å². The summed E-state index contributed by atoms with van der Waals surface area (Å²) in [5.41, 5.74) is 0.966. The lowest BCUT2D eigenvalue weighted by Crippen LogP contribution is -2.45. The molecule has 0 aliphatic carbocycles. The topological polar surface area (TPSA) is 61.9 Å². The highest BCUT2D eigenvalue weighted by Gasteiger charge is 2.36. The number of carbonyl (C=O) groups is 2. The maximum absolute atomic E-state index is 13.5. The second-order valence-electron chi connectivity index (χ2n) is 7.99. The number of carbonyl (C=O) groups excluding carboxylic acids is 2. The lowest BCUT2D eigenvalue weighted by Gasteiger charge is -2.35. The van der Waals surface area contributed by atoms with E-state index in [9.17, 15) is 22.8 Å². The Bertz CT molecular complexity index is 960. The molecule has 2 amide bonds. The Morgan fingerprint density at radius 3 is 2.34 bits per heavy atom. The number of hydrogen-bond donors (Lipinski definition) is 1. The van der Waals surface area contributed by atoms with Crippen LogP contribution in [0.1, 0.15) is 18.0 Å². The highest BCUT2D eigenvalue weighted by atomic mass is 19.1. The van der Waals surface area contributed by atoms with Crippen molar-refractivity contribution in [3.05, 3.63) is 65.5 Å². The SMILES string of the molecule is O=C(NCC(c1ccc(F)cc1)N1CCOCC1)C1CC(=O)N(c2cc(F)cc(F)c2)C1. The van der Waals surface area contributed by atoms with E-state index in [-0.39, 0.29) is 48.9 Å². The highest BCUT2D eigenvalue weighted by molar-refractivity contribution is 6.00. The molecule has 0 saturated carbocycles. The highest BCUT2D eigenvalue weighted by Crippen LogP contribution is 2.27. The molecule has 32 heavy (non-hydrogen) atoms. The average Bonchev–Trinajstić information content (AvgIpc) is 3.17. The first-order valence-corrected chi connectivity index (χ1v) is 10.5. The van der Waals surface area contributed by atoms with Crippen molar-refractivity contribution in [3.63, 3.8) is 0 Å². The summed E-state index contributed by atoms with van der Waals surface area (Å²) in [5, 5.41) is 2.91. The molecule has 2 fully saturated rings. The summed E-state index contributed by atoms with van der Waals surface area (Å²) < 4.78 is 45.9. The van der Waals surface area contributed by atoms with Gasteiger partial charge in [0.25, 0.3) is 0 Å². The van der Waals surface area contributed by atoms with Crippen molar-refractivity contribution in [1.29, 1.82) is 0 Å². The minimum absolute atomic E-state index is 0.0390. The zero-order valence-electron chi connectivity index (χ0n) is 17.4. The van der Waals surface area contributed by atoms with Crippen molar-refractivity contribution in [3.8, 4) is 0 Å². The molecule has 2 atom stereocenters. The van der Waals surface area contributed by atoms with Crippen LogP contribution in [0.3, 0.4) is 0 Å². The van der Waals surface area contributed by atoms with Crippen LogP contribution in [0, 0.1) is 23.4 Å². The number of morpholine rings is 1. The molecular formula is C23H24F3N3O3. The van der Waals surface area contributed by atoms with E-state index in [1.165, 1.54) is 17.0 Å². The van der Waals surface area contributed by atoms with Gasteiger partial charge in [0.2, 0.25) is 11.8 Å². The summed E-state index contributed by atoms with van der Waals surface area (Å²) in [5.74, 6) is -3.21. The van der Waals surface area contributed by atoms with Gasteiger partial charge in [-0.25, -0.2) is 13.2 Å². The van der Waals surface area contributed by atoms with E-state index in [1.807, 2.05) is 0 Å². The number of benzene rings is 2. The van der Waals surface area contributed by atoms with Crippen molar-refractivity contribution in [2.75, 3.05) is 44.3 Å². The lowest BCUT2D eigenvalue weighted by atomic mass is 10.0. The molecule has 4 rings (SSSR count). The summed E-state index contributed by atoms with van der Waals surface area (Å²) in [7, 11) is 0. The first kappa shape index (κ1) is 22.3. The van der Waals surface area contributed by atoms with Gasteiger partial charge in [-0.15, -0.1) is 0 Å². The molecule has 2 aliphatic rings. The first-order chi connectivity index (χ1) is 15.4. The van der Waals surface area contributed by atoms with Gasteiger partial charge in [-0.3, -0.25) is 14.5 Å². The van der Waals surface area contributed by atoms with Gasteiger partial charge in [-0.05, 0) is 29.8 Å². The molecule has 0 bridgehead atoms. The van der Waals surface area contributed by atoms with E-state index in [4.69, 9.17) is 4.74 Å². The molecule has 0 aromatic heterocycles. The zero-order chi connectivity index (χ0) is 22.7. The van der Waals surface area contributed by atoms with Crippen LogP contribution < -0.4 is 10.2 Å². The Morgan fingerprint density at radius 2 is 1.69 bits per heavy atom. The minimum atomic E-state index is -0.784. The average molecular weight is 447 g/mol. The van der Waals surface area contributed by atoms with Crippen LogP contribution >= 0.6 is 0 Å². The van der Waals surface area contributed by atoms with Crippen LogP contribution in [0.2, 0.25) is 0 Å². The third-order valence-electron chi connectivity index (χ3n) is 5.87. The summed E-state index contributed by atoms with van der Waals surface area (Å²) in [6.07, 6.45) is -0.0390. The van der Waals surface area contributed by atoms with Gasteiger partial charge in [-0.1, -0.05) is 12.1 Å². The van der Waals surface area contributed by atoms with Crippen LogP contribution in [-0.4, -0.2) is 56.1 Å². The molecule has 2 aromatic rings. The van der Waals surface area contributed by atoms with Gasteiger partial charge in [0.15, 0.2) is 0 Å². The molecule has 2 aromatic carbocycles. The fraction of sp³-hybridized carbons (Fsp3) is 0.391. The van der Waals surface area contributed by atoms with Crippen LogP contribution in [0.25, 0.3) is 0 Å². The fourth-order valence-electron chi connectivity index (χ4n) is 4.20. The largest absolute Gasteiger partial charge is 0.379 e. The number of nitrogens with zero attached hydrogens (tertiary/aromatic N) is 2. The standard InChI is InChI=1S/C23H24F3N3O3/c24-17-3-1-15(2-4-17)21(28-5-7-32-8-6-28)13-27-23(31)16-9-22(30)29(14-16)20-11-18(25)10-19(26)12-20/h1-4,10-12,16,21H,5-9,13-14H2,(H,27,31). The molecule has 2 saturated heterocycles. The predicted octanol–water partition coefficient (Wildman–Crippen LogP) is 2.65. The Kier molecular flexibility index (Phi) is 6.76. The molecule has 2 unspecified atom stereocenters. The minimum Gasteiger partial charge on any atom is -0.379 e. The molecule has 2 heterocycles. The Labute approximate surface area is 183 Å². The monoisotopic (exact) mass is 447 g/mol. The third kappa shape index (κ3) is 5.11. The number of amides is 2. The van der Waals surface area contributed by atoms with Crippen molar-refractivity contribution in [2.45, 2.75) is 12.5 Å². The van der Waals surface area contributed by atoms with Crippen molar-refractivity contribution in [1.82, 2.24) is 10.2 Å². The number of halogens is 3. The lowest BCUT2D eigenvalue weighted by molar-refractivity contribution is -0.126. The quantitative estimate of drug-likeness (QED) is 0.740. The van der Waals surface area contributed by atoms with Crippen LogP contribution in [0.15, 0.2) is 42.5 Å². The molecule has 9 heteroatoms. The number of rotatable bonds is 6. The number of anilines is 1. The molecule has 6 nitrogen and oxygen atoms in total. The van der Waals surface area contributed by atoms with Gasteiger partial charge < -0.3 is 15.0 Å². The molecule has 1 N–H and O–H groups in total. The zero-order valence-corrected chi connectivity index (χ0v) is 17.4. The van der Waals surface area contributed by atoms with E-state index < -0.39 is 17.6 Å². The van der Waals surface area contributed by atoms with Gasteiger partial charge in [-0.2, -0.15) is 0 Å². The summed E-state index contributed by atoms with van der Waals surface area (Å²) in [4.78, 5) is 28.6. The fourth-order valence-corrected chi connectivity index (χ4v) is 4.20. The predicted molar refractivity (Wildman–Crippen MR) is 111 cm³/mol. The summed E-state index contributed by atoms with van der Waals surface area (Å²) in [6, 6.07) is 8.87. The van der Waals surface area contributed by atoms with Gasteiger partial charge in [0, 0.05) is 44.4 Å². The maximum Gasteiger partial charge on any atom is 0.227 e. The van der Waals surface area contributed by atoms with Crippen LogP contribution in [-0.2, 0) is 14.3 Å². The van der Waals surface area contributed by atoms with Crippen molar-refractivity contribution < 1.29 is 27.5 Å². The normalized spacial score (nSPS) is 20.4. The van der Waals surface area contributed by atoms with Gasteiger partial charge in [0.05, 0.1) is 25.2 Å². The molecular weight excluding hydrogens is 423 g/mol. The van der Waals surface area contributed by atoms with E-state index in [2.05, 4.69) is 10.2 Å². The Morgan fingerprint density at radius 1 is 1.03 bits per heavy atom. The van der Waals surface area contributed by atoms with E-state index in [0.29, 0.717) is 26.3 Å². The number of hydrogen-bond acceptors (Lipinski definition) is 4. The second kappa shape index (κ2) is 9.70. The number of nitrogens with one attached hydrogen (secondary N) is 1. The smallest absolute Gasteiger partial charge is 0.227 e. The number of ether oxygens (including phenoxy) is 1. The Balaban J connectivity index is 1.42. The van der Waals surface area contributed by atoms with E-state index in [0.717, 1.165) is 23.8 Å². The van der Waals surface area contributed by atoms with Crippen molar-refractivity contribution >= 4 is 17.5 Å². The molecule has 0 spiro atoms. The van der Waals surface area contributed by atoms with Gasteiger partial charge >= 0.3 is 0 Å². The first-order valence-electron chi connectivity index (χ1n) is 10.5. The van der Waals surface area contributed by atoms with Crippen LogP contribution in [0.4, 0.5) is 18.9 Å². The molecule has 170 valence electrons. The Hall–Kier alpha value is -2.91. The molecule has 0 radical (unpaired) electrons. The van der Waals surface area contributed by atoms with Gasteiger partial charge in [0.1, 0.15) is 17.5 Å². The summed E-state index contributed by atoms with van der Waals surface area (Å²) >= 11 is 0. The van der Waals surface area contributed by atoms with Crippen molar-refractivity contribution in [2.24, 2.45) is 5.92 Å². The third-order valence-corrected chi connectivity index (χ3v) is 5.87. The molecule has 2 aliphatic heterocycles.